The van der Waals surface area contributed by atoms with Gasteiger partial charge in [-0.3, -0.25) is 0 Å². The quantitative estimate of drug-likeness (QED) is 0.700. The minimum Gasteiger partial charge on any atom is -0.512 e. The molecule has 1 nitrogen and oxygen atoms in total. The van der Waals surface area contributed by atoms with Crippen LogP contribution in [0, 0.1) is 0 Å². The highest BCUT2D eigenvalue weighted by Gasteiger charge is 2.23. The molecule has 0 aromatic heterocycles. The van der Waals surface area contributed by atoms with E-state index < -0.39 is 0 Å². The van der Waals surface area contributed by atoms with Crippen molar-refractivity contribution in [2.24, 2.45) is 0 Å². The first-order valence-electron chi connectivity index (χ1n) is 4.99. The number of hydrogen-bond donors (Lipinski definition) is 1. The number of aliphatic hydroxyl groups is 1. The maximum atomic E-state index is 9.34. The molecule has 14 heavy (non-hydrogen) atoms. The van der Waals surface area contributed by atoms with E-state index in [-0.39, 0.29) is 11.2 Å². The zero-order chi connectivity index (χ0) is 11.2. The van der Waals surface area contributed by atoms with E-state index >= 15 is 0 Å². The minimum atomic E-state index is -0.346. The molecule has 0 unspecified atom stereocenters. The smallest absolute Gasteiger partial charge is 0.0950 e. The van der Waals surface area contributed by atoms with Crippen LogP contribution in [0.3, 0.4) is 0 Å². The van der Waals surface area contributed by atoms with Gasteiger partial charge in [0.05, 0.1) is 5.76 Å². The summed E-state index contributed by atoms with van der Waals surface area (Å²) in [5.41, 5.74) is 0.735. The van der Waals surface area contributed by atoms with Crippen LogP contribution in [0.1, 0.15) is 33.3 Å². The largest absolute Gasteiger partial charge is 0.512 e. The topological polar surface area (TPSA) is 20.2 Å². The molecule has 0 heterocycles. The fourth-order valence-electron chi connectivity index (χ4n) is 1.02. The average Bonchev–Trinajstić information content (AvgIpc) is 2.22. The van der Waals surface area contributed by atoms with Gasteiger partial charge in [-0.15, -0.1) is 0 Å². The maximum absolute atomic E-state index is 9.34. The van der Waals surface area contributed by atoms with Crippen molar-refractivity contribution in [2.75, 3.05) is 0 Å². The number of hydrogen-bond acceptors (Lipinski definition) is 1. The number of allylic oxidation sites excluding steroid dienone is 1. The Bertz CT molecular complexity index is 273. The molecule has 1 N–H and O–H groups in total. The summed E-state index contributed by atoms with van der Waals surface area (Å²) in [7, 11) is 0. The lowest BCUT2D eigenvalue weighted by molar-refractivity contribution is 0.324. The summed E-state index contributed by atoms with van der Waals surface area (Å²) in [5.74, 6) is 0.203. The van der Waals surface area contributed by atoms with Gasteiger partial charge in [0, 0.05) is 5.41 Å². The van der Waals surface area contributed by atoms with E-state index in [1.54, 1.807) is 0 Å². The maximum Gasteiger partial charge on any atom is 0.0950 e. The Kier molecular flexibility index (Phi) is 5.00. The molecule has 1 aromatic carbocycles. The second kappa shape index (κ2) is 5.48. The van der Waals surface area contributed by atoms with E-state index in [0.717, 1.165) is 5.56 Å². The Morgan fingerprint density at radius 3 is 1.93 bits per heavy atom. The molecule has 0 aliphatic heterocycles. The van der Waals surface area contributed by atoms with Crippen LogP contribution in [0.25, 0.3) is 0 Å². The highest BCUT2D eigenvalue weighted by Crippen LogP contribution is 2.27. The molecule has 0 saturated heterocycles. The lowest BCUT2D eigenvalue weighted by Gasteiger charge is -2.23. The van der Waals surface area contributed by atoms with Crippen molar-refractivity contribution in [2.45, 2.75) is 33.1 Å². The third-order valence-electron chi connectivity index (χ3n) is 2.22. The summed E-state index contributed by atoms with van der Waals surface area (Å²) in [6.07, 6.45) is 0. The zero-order valence-electron chi connectivity index (χ0n) is 9.54. The second-order valence-corrected chi connectivity index (χ2v) is 3.44. The summed E-state index contributed by atoms with van der Waals surface area (Å²) in [6.45, 7) is 11.5. The van der Waals surface area contributed by atoms with Gasteiger partial charge in [-0.1, -0.05) is 50.8 Å². The van der Waals surface area contributed by atoms with Crippen molar-refractivity contribution in [1.29, 1.82) is 0 Å². The number of benzene rings is 1. The second-order valence-electron chi connectivity index (χ2n) is 3.44. The molecule has 0 fully saturated rings. The van der Waals surface area contributed by atoms with Crippen LogP contribution in [0.5, 0.6) is 0 Å². The van der Waals surface area contributed by atoms with Gasteiger partial charge in [0.15, 0.2) is 0 Å². The van der Waals surface area contributed by atoms with Crippen LogP contribution >= 0.6 is 0 Å². The standard InChI is InChI=1S/C11H14O.C2H6/c1-9(12)11(2,3)10-7-5-4-6-8-10;1-2/h4-8,12H,1H2,2-3H3;1-2H3. The molecule has 1 aromatic rings. The fraction of sp³-hybridized carbons (Fsp3) is 0.385. The highest BCUT2D eigenvalue weighted by atomic mass is 16.3. The molecule has 0 spiro atoms. The predicted molar refractivity (Wildman–Crippen MR) is 62.6 cm³/mol. The fourth-order valence-corrected chi connectivity index (χ4v) is 1.02. The van der Waals surface area contributed by atoms with Crippen LogP contribution < -0.4 is 0 Å². The molecule has 0 aliphatic carbocycles. The SMILES string of the molecule is C=C(O)C(C)(C)c1ccccc1.CC. The van der Waals surface area contributed by atoms with Crippen molar-refractivity contribution in [3.8, 4) is 0 Å². The van der Waals surface area contributed by atoms with Crippen LogP contribution in [-0.4, -0.2) is 5.11 Å². The van der Waals surface area contributed by atoms with Gasteiger partial charge in [-0.2, -0.15) is 0 Å². The first kappa shape index (κ1) is 12.8. The van der Waals surface area contributed by atoms with E-state index in [1.165, 1.54) is 0 Å². The van der Waals surface area contributed by atoms with Gasteiger partial charge in [0.2, 0.25) is 0 Å². The van der Waals surface area contributed by atoms with E-state index in [0.29, 0.717) is 0 Å². The molecular weight excluding hydrogens is 172 g/mol. The third-order valence-corrected chi connectivity index (χ3v) is 2.22. The van der Waals surface area contributed by atoms with Gasteiger partial charge in [-0.05, 0) is 19.4 Å². The molecule has 1 heteroatoms. The summed E-state index contributed by atoms with van der Waals surface area (Å²) < 4.78 is 0. The lowest BCUT2D eigenvalue weighted by atomic mass is 9.83. The number of rotatable bonds is 2. The van der Waals surface area contributed by atoms with Gasteiger partial charge in [-0.25, -0.2) is 0 Å². The van der Waals surface area contributed by atoms with E-state index in [2.05, 4.69) is 6.58 Å². The number of aliphatic hydroxyl groups excluding tert-OH is 1. The first-order valence-corrected chi connectivity index (χ1v) is 4.99. The van der Waals surface area contributed by atoms with Crippen molar-refractivity contribution in [3.05, 3.63) is 48.2 Å². The van der Waals surface area contributed by atoms with E-state index in [4.69, 9.17) is 0 Å². The molecule has 0 bridgehead atoms. The Balaban J connectivity index is 0.000000791. The highest BCUT2D eigenvalue weighted by molar-refractivity contribution is 5.29. The molecule has 1 rings (SSSR count). The van der Waals surface area contributed by atoms with Gasteiger partial charge < -0.3 is 5.11 Å². The molecule has 0 amide bonds. The van der Waals surface area contributed by atoms with Crippen LogP contribution in [0.4, 0.5) is 0 Å². The summed E-state index contributed by atoms with van der Waals surface area (Å²) in [5, 5.41) is 9.34. The molecule has 78 valence electrons. The summed E-state index contributed by atoms with van der Waals surface area (Å²) in [4.78, 5) is 0. The molecular formula is C13H20O. The average molecular weight is 192 g/mol. The monoisotopic (exact) mass is 192 g/mol. The van der Waals surface area contributed by atoms with E-state index in [1.807, 2.05) is 58.0 Å². The molecule has 0 atom stereocenters. The van der Waals surface area contributed by atoms with Crippen molar-refractivity contribution >= 4 is 0 Å². The van der Waals surface area contributed by atoms with Crippen LogP contribution in [0.2, 0.25) is 0 Å². The minimum absolute atomic E-state index is 0.203. The Labute approximate surface area is 87.1 Å². The predicted octanol–water partition coefficient (Wildman–Crippen LogP) is 4.06. The zero-order valence-corrected chi connectivity index (χ0v) is 9.54. The summed E-state index contributed by atoms with van der Waals surface area (Å²) >= 11 is 0. The lowest BCUT2D eigenvalue weighted by Crippen LogP contribution is -2.19. The van der Waals surface area contributed by atoms with E-state index in [9.17, 15) is 5.11 Å². The van der Waals surface area contributed by atoms with Crippen LogP contribution in [0.15, 0.2) is 42.7 Å². The van der Waals surface area contributed by atoms with Crippen molar-refractivity contribution in [1.82, 2.24) is 0 Å². The van der Waals surface area contributed by atoms with Gasteiger partial charge in [0.1, 0.15) is 0 Å². The molecule has 0 radical (unpaired) electrons. The summed E-state index contributed by atoms with van der Waals surface area (Å²) in [6, 6.07) is 9.85. The molecule has 0 aliphatic rings. The first-order chi connectivity index (χ1) is 6.55. The van der Waals surface area contributed by atoms with Crippen molar-refractivity contribution < 1.29 is 5.11 Å². The Morgan fingerprint density at radius 2 is 1.57 bits per heavy atom. The Hall–Kier alpha value is -1.24. The normalized spacial score (nSPS) is 10.0. The van der Waals surface area contributed by atoms with Gasteiger partial charge in [0.25, 0.3) is 0 Å². The Morgan fingerprint density at radius 1 is 1.14 bits per heavy atom. The third kappa shape index (κ3) is 2.91. The van der Waals surface area contributed by atoms with Crippen LogP contribution in [-0.2, 0) is 5.41 Å². The van der Waals surface area contributed by atoms with Gasteiger partial charge >= 0.3 is 0 Å². The van der Waals surface area contributed by atoms with Crippen molar-refractivity contribution in [3.63, 3.8) is 0 Å². The molecule has 0 saturated carbocycles.